The number of anilines is 1. The Labute approximate surface area is 120 Å². The van der Waals surface area contributed by atoms with Crippen molar-refractivity contribution in [2.24, 2.45) is 0 Å². The van der Waals surface area contributed by atoms with Gasteiger partial charge in [0.15, 0.2) is 11.6 Å². The molecule has 1 aromatic carbocycles. The van der Waals surface area contributed by atoms with Crippen LogP contribution in [0.2, 0.25) is 0 Å². The molecule has 100 valence electrons. The van der Waals surface area contributed by atoms with E-state index in [2.05, 4.69) is 31.2 Å². The van der Waals surface area contributed by atoms with E-state index >= 15 is 0 Å². The number of rotatable bonds is 4. The van der Waals surface area contributed by atoms with E-state index in [-0.39, 0.29) is 17.7 Å². The molecule has 0 saturated carbocycles. The lowest BCUT2D eigenvalue weighted by Gasteiger charge is -2.16. The maximum atomic E-state index is 14.0. The summed E-state index contributed by atoms with van der Waals surface area (Å²) in [7, 11) is 0. The number of hydrogen-bond acceptors (Lipinski definition) is 3. The highest BCUT2D eigenvalue weighted by atomic mass is 79.9. The summed E-state index contributed by atoms with van der Waals surface area (Å²) in [5.74, 6) is -0.119. The van der Waals surface area contributed by atoms with E-state index in [0.29, 0.717) is 12.1 Å². The van der Waals surface area contributed by atoms with Crippen LogP contribution in [0, 0.1) is 5.82 Å². The Balaban J connectivity index is 2.21. The molecule has 19 heavy (non-hydrogen) atoms. The van der Waals surface area contributed by atoms with Crippen LogP contribution in [0.5, 0.6) is 0 Å². The maximum absolute atomic E-state index is 14.0. The van der Waals surface area contributed by atoms with E-state index in [1.165, 1.54) is 6.33 Å². The highest BCUT2D eigenvalue weighted by Gasteiger charge is 2.13. The number of benzene rings is 1. The number of nitrogens with one attached hydrogen (secondary N) is 1. The van der Waals surface area contributed by atoms with Crippen LogP contribution in [0.1, 0.15) is 31.1 Å². The van der Waals surface area contributed by atoms with Crippen molar-refractivity contribution in [1.29, 1.82) is 0 Å². The number of halogens is 2. The van der Waals surface area contributed by atoms with Crippen molar-refractivity contribution in [3.63, 3.8) is 0 Å². The summed E-state index contributed by atoms with van der Waals surface area (Å²) in [5.41, 5.74) is 1.49. The van der Waals surface area contributed by atoms with Crippen LogP contribution >= 0.6 is 15.9 Å². The molecular formula is C14H15BrFN3. The lowest BCUT2D eigenvalue weighted by atomic mass is 10.1. The average molecular weight is 324 g/mol. The molecule has 0 bridgehead atoms. The van der Waals surface area contributed by atoms with Gasteiger partial charge in [-0.1, -0.05) is 35.0 Å². The molecule has 0 spiro atoms. The topological polar surface area (TPSA) is 37.8 Å². The van der Waals surface area contributed by atoms with Gasteiger partial charge in [0.2, 0.25) is 0 Å². The molecule has 0 amide bonds. The fourth-order valence-corrected chi connectivity index (χ4v) is 2.23. The Bertz CT molecular complexity index is 574. The van der Waals surface area contributed by atoms with Gasteiger partial charge in [-0.2, -0.15) is 0 Å². The van der Waals surface area contributed by atoms with Gasteiger partial charge < -0.3 is 5.32 Å². The quantitative estimate of drug-likeness (QED) is 0.919. The molecule has 0 fully saturated rings. The molecule has 0 aliphatic heterocycles. The van der Waals surface area contributed by atoms with Gasteiger partial charge in [0, 0.05) is 4.47 Å². The van der Waals surface area contributed by atoms with Crippen LogP contribution < -0.4 is 5.32 Å². The lowest BCUT2D eigenvalue weighted by Crippen LogP contribution is -2.11. The van der Waals surface area contributed by atoms with Gasteiger partial charge in [0.25, 0.3) is 0 Å². The predicted molar refractivity (Wildman–Crippen MR) is 77.5 cm³/mol. The normalized spacial score (nSPS) is 12.2. The molecule has 3 nitrogen and oxygen atoms in total. The fraction of sp³-hybridized carbons (Fsp3) is 0.286. The number of aromatic nitrogens is 2. The van der Waals surface area contributed by atoms with Gasteiger partial charge in [0.05, 0.1) is 11.7 Å². The van der Waals surface area contributed by atoms with Gasteiger partial charge in [-0.3, -0.25) is 0 Å². The molecule has 0 aliphatic carbocycles. The average Bonchev–Trinajstić information content (AvgIpc) is 2.41. The summed E-state index contributed by atoms with van der Waals surface area (Å²) in [4.78, 5) is 7.88. The molecule has 2 aromatic rings. The standard InChI is InChI=1S/C14H15BrFN3/c1-3-12-13(16)14(18-8-17-12)19-9(2)10-5-4-6-11(15)7-10/h4-9H,3H2,1-2H3,(H,17,18,19). The Morgan fingerprint density at radius 3 is 2.84 bits per heavy atom. The molecule has 0 radical (unpaired) electrons. The number of aryl methyl sites for hydroxylation is 1. The summed E-state index contributed by atoms with van der Waals surface area (Å²) in [6, 6.07) is 7.86. The van der Waals surface area contributed by atoms with E-state index in [1.807, 2.05) is 38.1 Å². The van der Waals surface area contributed by atoms with Crippen molar-refractivity contribution in [2.75, 3.05) is 5.32 Å². The van der Waals surface area contributed by atoms with Crippen LogP contribution in [-0.2, 0) is 6.42 Å². The van der Waals surface area contributed by atoms with Gasteiger partial charge in [-0.25, -0.2) is 14.4 Å². The third-order valence-corrected chi connectivity index (χ3v) is 3.39. The first kappa shape index (κ1) is 13.9. The van der Waals surface area contributed by atoms with E-state index < -0.39 is 0 Å². The van der Waals surface area contributed by atoms with Crippen molar-refractivity contribution in [3.8, 4) is 0 Å². The van der Waals surface area contributed by atoms with Crippen LogP contribution in [0.3, 0.4) is 0 Å². The second kappa shape index (κ2) is 6.10. The Morgan fingerprint density at radius 2 is 2.16 bits per heavy atom. The van der Waals surface area contributed by atoms with E-state index in [4.69, 9.17) is 0 Å². The van der Waals surface area contributed by atoms with Gasteiger partial charge >= 0.3 is 0 Å². The van der Waals surface area contributed by atoms with E-state index in [0.717, 1.165) is 10.0 Å². The van der Waals surface area contributed by atoms with Crippen LogP contribution in [0.15, 0.2) is 35.1 Å². The molecule has 5 heteroatoms. The van der Waals surface area contributed by atoms with Crippen LogP contribution in [-0.4, -0.2) is 9.97 Å². The first-order valence-electron chi connectivity index (χ1n) is 6.13. The summed E-state index contributed by atoms with van der Waals surface area (Å²) < 4.78 is 15.0. The molecule has 1 atom stereocenters. The first-order chi connectivity index (χ1) is 9.11. The third kappa shape index (κ3) is 3.29. The zero-order valence-electron chi connectivity index (χ0n) is 10.8. The highest BCUT2D eigenvalue weighted by Crippen LogP contribution is 2.23. The van der Waals surface area contributed by atoms with Gasteiger partial charge in [-0.15, -0.1) is 0 Å². The molecular weight excluding hydrogens is 309 g/mol. The van der Waals surface area contributed by atoms with Gasteiger partial charge in [-0.05, 0) is 31.0 Å². The zero-order chi connectivity index (χ0) is 13.8. The van der Waals surface area contributed by atoms with Gasteiger partial charge in [0.1, 0.15) is 6.33 Å². The minimum Gasteiger partial charge on any atom is -0.361 e. The molecule has 2 rings (SSSR count). The molecule has 1 aromatic heterocycles. The Kier molecular flexibility index (Phi) is 4.47. The van der Waals surface area contributed by atoms with Crippen molar-refractivity contribution in [1.82, 2.24) is 9.97 Å². The molecule has 1 heterocycles. The van der Waals surface area contributed by atoms with Crippen molar-refractivity contribution in [3.05, 3.63) is 52.1 Å². The molecule has 1 N–H and O–H groups in total. The molecule has 0 aliphatic rings. The van der Waals surface area contributed by atoms with E-state index in [9.17, 15) is 4.39 Å². The lowest BCUT2D eigenvalue weighted by molar-refractivity contribution is 0.594. The zero-order valence-corrected chi connectivity index (χ0v) is 12.4. The van der Waals surface area contributed by atoms with Crippen LogP contribution in [0.25, 0.3) is 0 Å². The summed E-state index contributed by atoms with van der Waals surface area (Å²) in [6.45, 7) is 3.84. The molecule has 0 saturated heterocycles. The molecule has 1 unspecified atom stereocenters. The minimum atomic E-state index is -0.369. The second-order valence-corrected chi connectivity index (χ2v) is 5.17. The van der Waals surface area contributed by atoms with Crippen molar-refractivity contribution >= 4 is 21.7 Å². The highest BCUT2D eigenvalue weighted by molar-refractivity contribution is 9.10. The fourth-order valence-electron chi connectivity index (χ4n) is 1.82. The Morgan fingerprint density at radius 1 is 1.37 bits per heavy atom. The number of nitrogens with zero attached hydrogens (tertiary/aromatic N) is 2. The number of hydrogen-bond donors (Lipinski definition) is 1. The minimum absolute atomic E-state index is 0.0355. The largest absolute Gasteiger partial charge is 0.361 e. The van der Waals surface area contributed by atoms with Crippen molar-refractivity contribution in [2.45, 2.75) is 26.3 Å². The second-order valence-electron chi connectivity index (χ2n) is 4.26. The van der Waals surface area contributed by atoms with Crippen molar-refractivity contribution < 1.29 is 4.39 Å². The third-order valence-electron chi connectivity index (χ3n) is 2.90. The smallest absolute Gasteiger partial charge is 0.186 e. The monoisotopic (exact) mass is 323 g/mol. The Hall–Kier alpha value is -1.49. The first-order valence-corrected chi connectivity index (χ1v) is 6.92. The maximum Gasteiger partial charge on any atom is 0.186 e. The van der Waals surface area contributed by atoms with Crippen LogP contribution in [0.4, 0.5) is 10.2 Å². The SMILES string of the molecule is CCc1ncnc(NC(C)c2cccc(Br)c2)c1F. The predicted octanol–water partition coefficient (Wildman–Crippen LogP) is 4.11. The summed E-state index contributed by atoms with van der Waals surface area (Å²) in [5, 5.41) is 3.08. The summed E-state index contributed by atoms with van der Waals surface area (Å²) >= 11 is 3.43. The summed E-state index contributed by atoms with van der Waals surface area (Å²) in [6.07, 6.45) is 1.94. The van der Waals surface area contributed by atoms with E-state index in [1.54, 1.807) is 0 Å².